The predicted molar refractivity (Wildman–Crippen MR) is 112 cm³/mol. The van der Waals surface area contributed by atoms with E-state index in [0.717, 1.165) is 23.5 Å². The summed E-state index contributed by atoms with van der Waals surface area (Å²) in [7, 11) is 0. The van der Waals surface area contributed by atoms with Crippen LogP contribution in [0.3, 0.4) is 0 Å². The van der Waals surface area contributed by atoms with E-state index in [1.165, 1.54) is 4.88 Å². The van der Waals surface area contributed by atoms with Crippen LogP contribution in [0.1, 0.15) is 36.2 Å². The van der Waals surface area contributed by atoms with E-state index in [4.69, 9.17) is 0 Å². The molecule has 1 aromatic carbocycles. The van der Waals surface area contributed by atoms with E-state index in [2.05, 4.69) is 27.5 Å². The van der Waals surface area contributed by atoms with Crippen molar-refractivity contribution >= 4 is 23.2 Å². The molecule has 0 radical (unpaired) electrons. The van der Waals surface area contributed by atoms with Gasteiger partial charge >= 0.3 is 0 Å². The number of amides is 1. The SMILES string of the molecule is CCNC(=NCC(=O)N(CC)Cc1ccccc1)NCc1ncc(CC)s1. The number of benzene rings is 1. The highest BCUT2D eigenvalue weighted by Crippen LogP contribution is 2.12. The zero-order valence-electron chi connectivity index (χ0n) is 16.4. The first kappa shape index (κ1) is 20.9. The summed E-state index contributed by atoms with van der Waals surface area (Å²) in [5.41, 5.74) is 1.12. The Labute approximate surface area is 165 Å². The lowest BCUT2D eigenvalue weighted by Crippen LogP contribution is -2.38. The molecular weight excluding hydrogens is 358 g/mol. The van der Waals surface area contributed by atoms with Crippen LogP contribution in [0, 0.1) is 0 Å². The third-order valence-corrected chi connectivity index (χ3v) is 5.17. The molecule has 1 amide bonds. The fourth-order valence-corrected chi connectivity index (χ4v) is 3.32. The zero-order chi connectivity index (χ0) is 19.5. The van der Waals surface area contributed by atoms with Gasteiger partial charge in [-0.15, -0.1) is 11.3 Å². The van der Waals surface area contributed by atoms with E-state index in [9.17, 15) is 4.79 Å². The number of guanidine groups is 1. The van der Waals surface area contributed by atoms with Crippen LogP contribution in [0.5, 0.6) is 0 Å². The summed E-state index contributed by atoms with van der Waals surface area (Å²) < 4.78 is 0. The second kappa shape index (κ2) is 11.3. The molecule has 0 saturated carbocycles. The molecule has 0 aliphatic rings. The number of rotatable bonds is 9. The van der Waals surface area contributed by atoms with Gasteiger partial charge in [0, 0.05) is 30.7 Å². The van der Waals surface area contributed by atoms with Crippen molar-refractivity contribution in [2.24, 2.45) is 4.99 Å². The van der Waals surface area contributed by atoms with E-state index in [1.54, 1.807) is 11.3 Å². The first-order valence-corrected chi connectivity index (χ1v) is 10.2. The van der Waals surface area contributed by atoms with Crippen LogP contribution < -0.4 is 10.6 Å². The number of hydrogen-bond acceptors (Lipinski definition) is 4. The molecule has 0 aliphatic carbocycles. The van der Waals surface area contributed by atoms with E-state index in [1.807, 2.05) is 55.3 Å². The van der Waals surface area contributed by atoms with Crippen molar-refractivity contribution in [2.75, 3.05) is 19.6 Å². The van der Waals surface area contributed by atoms with Gasteiger partial charge < -0.3 is 15.5 Å². The average molecular weight is 388 g/mol. The summed E-state index contributed by atoms with van der Waals surface area (Å²) in [4.78, 5) is 24.5. The summed E-state index contributed by atoms with van der Waals surface area (Å²) in [6.07, 6.45) is 2.91. The topological polar surface area (TPSA) is 69.6 Å². The van der Waals surface area contributed by atoms with Crippen molar-refractivity contribution in [1.29, 1.82) is 0 Å². The van der Waals surface area contributed by atoms with Gasteiger partial charge in [-0.2, -0.15) is 0 Å². The molecule has 146 valence electrons. The van der Waals surface area contributed by atoms with Crippen molar-refractivity contribution in [3.05, 3.63) is 52.0 Å². The van der Waals surface area contributed by atoms with Gasteiger partial charge in [-0.05, 0) is 25.8 Å². The lowest BCUT2D eigenvalue weighted by Gasteiger charge is -2.20. The Hall–Kier alpha value is -2.41. The summed E-state index contributed by atoms with van der Waals surface area (Å²) in [5.74, 6) is 0.649. The van der Waals surface area contributed by atoms with Gasteiger partial charge in [-0.3, -0.25) is 4.79 Å². The number of nitrogens with one attached hydrogen (secondary N) is 2. The number of carbonyl (C=O) groups is 1. The third-order valence-electron chi connectivity index (χ3n) is 4.02. The fraction of sp³-hybridized carbons (Fsp3) is 0.450. The number of aromatic nitrogens is 1. The zero-order valence-corrected chi connectivity index (χ0v) is 17.2. The minimum absolute atomic E-state index is 0.0149. The highest BCUT2D eigenvalue weighted by Gasteiger charge is 2.12. The number of aryl methyl sites for hydroxylation is 1. The highest BCUT2D eigenvalue weighted by atomic mass is 32.1. The summed E-state index contributed by atoms with van der Waals surface area (Å²) in [6.45, 7) is 8.84. The molecule has 1 aromatic heterocycles. The highest BCUT2D eigenvalue weighted by molar-refractivity contribution is 7.11. The molecule has 6 nitrogen and oxygen atoms in total. The van der Waals surface area contributed by atoms with Crippen molar-refractivity contribution in [3.8, 4) is 0 Å². The largest absolute Gasteiger partial charge is 0.357 e. The van der Waals surface area contributed by atoms with Crippen LogP contribution in [-0.2, 0) is 24.3 Å². The molecule has 0 spiro atoms. The molecule has 0 saturated heterocycles. The molecule has 0 aliphatic heterocycles. The second-order valence-corrected chi connectivity index (χ2v) is 7.22. The quantitative estimate of drug-likeness (QED) is 0.513. The Kier molecular flexibility index (Phi) is 8.77. The maximum Gasteiger partial charge on any atom is 0.244 e. The summed E-state index contributed by atoms with van der Waals surface area (Å²) in [5, 5.41) is 7.45. The molecule has 2 N–H and O–H groups in total. The Morgan fingerprint density at radius 1 is 1.19 bits per heavy atom. The maximum absolute atomic E-state index is 12.6. The van der Waals surface area contributed by atoms with E-state index >= 15 is 0 Å². The molecule has 27 heavy (non-hydrogen) atoms. The number of hydrogen-bond donors (Lipinski definition) is 2. The van der Waals surface area contributed by atoms with Gasteiger partial charge in [0.1, 0.15) is 11.6 Å². The smallest absolute Gasteiger partial charge is 0.244 e. The van der Waals surface area contributed by atoms with E-state index in [0.29, 0.717) is 25.6 Å². The molecule has 0 unspecified atom stereocenters. The molecular formula is C20H29N5OS. The second-order valence-electron chi connectivity index (χ2n) is 6.02. The first-order valence-electron chi connectivity index (χ1n) is 9.43. The molecule has 1 heterocycles. The molecule has 0 fully saturated rings. The van der Waals surface area contributed by atoms with Gasteiger partial charge in [-0.25, -0.2) is 9.98 Å². The van der Waals surface area contributed by atoms with Gasteiger partial charge in [0.2, 0.25) is 5.91 Å². The molecule has 7 heteroatoms. The van der Waals surface area contributed by atoms with Crippen LogP contribution >= 0.6 is 11.3 Å². The minimum Gasteiger partial charge on any atom is -0.357 e. The van der Waals surface area contributed by atoms with E-state index in [-0.39, 0.29) is 12.5 Å². The van der Waals surface area contributed by atoms with Gasteiger partial charge in [0.05, 0.1) is 6.54 Å². The number of likely N-dealkylation sites (N-methyl/N-ethyl adjacent to an activating group) is 1. The minimum atomic E-state index is 0.0149. The third kappa shape index (κ3) is 7.02. The molecule has 2 aromatic rings. The standard InChI is InChI=1S/C20H29N5OS/c1-4-17-12-22-18(27-17)13-23-20(21-5-2)24-14-19(26)25(6-3)15-16-10-8-7-9-11-16/h7-12H,4-6,13-15H2,1-3H3,(H2,21,23,24). The fourth-order valence-electron chi connectivity index (χ4n) is 2.52. The number of carbonyl (C=O) groups excluding carboxylic acids is 1. The van der Waals surface area contributed by atoms with Crippen molar-refractivity contribution in [2.45, 2.75) is 40.3 Å². The number of aliphatic imine (C=N–C) groups is 1. The van der Waals surface area contributed by atoms with Crippen LogP contribution in [0.15, 0.2) is 41.5 Å². The van der Waals surface area contributed by atoms with Crippen LogP contribution in [0.4, 0.5) is 0 Å². The van der Waals surface area contributed by atoms with Gasteiger partial charge in [0.25, 0.3) is 0 Å². The van der Waals surface area contributed by atoms with Crippen LogP contribution in [0.25, 0.3) is 0 Å². The number of nitrogens with zero attached hydrogens (tertiary/aromatic N) is 3. The van der Waals surface area contributed by atoms with Crippen molar-refractivity contribution < 1.29 is 4.79 Å². The lowest BCUT2D eigenvalue weighted by molar-refractivity contribution is -0.130. The van der Waals surface area contributed by atoms with Gasteiger partial charge in [0.15, 0.2) is 5.96 Å². The molecule has 0 bridgehead atoms. The summed E-state index contributed by atoms with van der Waals surface area (Å²) >= 11 is 1.70. The Morgan fingerprint density at radius 3 is 2.59 bits per heavy atom. The van der Waals surface area contributed by atoms with Crippen molar-refractivity contribution in [3.63, 3.8) is 0 Å². The Bertz CT molecular complexity index is 729. The number of thiazole rings is 1. The van der Waals surface area contributed by atoms with Crippen molar-refractivity contribution in [1.82, 2.24) is 20.5 Å². The maximum atomic E-state index is 12.6. The van der Waals surface area contributed by atoms with Gasteiger partial charge in [-0.1, -0.05) is 37.3 Å². The molecule has 2 rings (SSSR count). The van der Waals surface area contributed by atoms with Crippen LogP contribution in [-0.4, -0.2) is 41.4 Å². The Morgan fingerprint density at radius 2 is 1.96 bits per heavy atom. The van der Waals surface area contributed by atoms with Crippen LogP contribution in [0.2, 0.25) is 0 Å². The Balaban J connectivity index is 1.91. The molecule has 0 atom stereocenters. The first-order chi connectivity index (χ1) is 13.2. The lowest BCUT2D eigenvalue weighted by atomic mass is 10.2. The normalized spacial score (nSPS) is 11.3. The predicted octanol–water partition coefficient (Wildman–Crippen LogP) is 2.81. The average Bonchev–Trinajstić information content (AvgIpc) is 3.17. The van der Waals surface area contributed by atoms with E-state index < -0.39 is 0 Å². The monoisotopic (exact) mass is 387 g/mol. The summed E-state index contributed by atoms with van der Waals surface area (Å²) in [6, 6.07) is 10.0.